The Labute approximate surface area is 334 Å². The van der Waals surface area contributed by atoms with Gasteiger partial charge in [0.05, 0.1) is 11.4 Å². The van der Waals surface area contributed by atoms with Crippen LogP contribution in [0.25, 0.3) is 61.2 Å². The van der Waals surface area contributed by atoms with Crippen molar-refractivity contribution in [3.05, 3.63) is 198 Å². The van der Waals surface area contributed by atoms with Crippen molar-refractivity contribution in [1.29, 1.82) is 0 Å². The van der Waals surface area contributed by atoms with Crippen LogP contribution in [0.1, 0.15) is 35.2 Å². The van der Waals surface area contributed by atoms with Gasteiger partial charge in [0.15, 0.2) is 28.8 Å². The number of allylic oxidation sites excluding steroid dienone is 4. The van der Waals surface area contributed by atoms with Crippen LogP contribution < -0.4 is 9.47 Å². The molecule has 0 saturated carbocycles. The molecule has 4 heteroatoms. The van der Waals surface area contributed by atoms with Crippen molar-refractivity contribution in [3.63, 3.8) is 0 Å². The summed E-state index contributed by atoms with van der Waals surface area (Å²) in [5.74, 6) is 3.80. The zero-order valence-corrected chi connectivity index (χ0v) is 32.4. The lowest BCUT2D eigenvalue weighted by Crippen LogP contribution is -2.00. The minimum atomic E-state index is 0.755. The van der Waals surface area contributed by atoms with Gasteiger partial charge in [-0.05, 0) is 120 Å². The molecule has 1 aliphatic carbocycles. The quantitative estimate of drug-likeness (QED) is 0.176. The SMILES string of the molecule is Cc1cc2c(cc1-c1cc3ccccc3cc1C)Oc1ccccc1O2.Cc1ccc(-c2ccc(-c3nc(C4=CCCC=C4)cc(-c4ccccc4)n3)cc2)cc1. The Hall–Kier alpha value is -7.04. The number of aromatic nitrogens is 2. The topological polar surface area (TPSA) is 44.2 Å². The van der Waals surface area contributed by atoms with E-state index in [1.807, 2.05) is 42.5 Å². The predicted octanol–water partition coefficient (Wildman–Crippen LogP) is 14.5. The van der Waals surface area contributed by atoms with E-state index in [1.54, 1.807) is 0 Å². The summed E-state index contributed by atoms with van der Waals surface area (Å²) >= 11 is 0. The second-order valence-corrected chi connectivity index (χ2v) is 14.7. The summed E-state index contributed by atoms with van der Waals surface area (Å²) in [5, 5.41) is 2.51. The van der Waals surface area contributed by atoms with E-state index in [-0.39, 0.29) is 0 Å². The molecule has 276 valence electrons. The fourth-order valence-electron chi connectivity index (χ4n) is 7.45. The number of fused-ring (bicyclic) bond motifs is 3. The van der Waals surface area contributed by atoms with E-state index in [0.717, 1.165) is 64.2 Å². The molecule has 1 aliphatic heterocycles. The standard InChI is InChI=1S/C29H24N2.C24H18O2/c1-21-12-14-22(15-13-21)23-16-18-26(19-17-23)29-30-27(24-8-4-2-5-9-24)20-28(31-29)25-10-6-3-7-11-25;1-15-11-17-7-3-4-8-18(17)13-19(15)20-14-24-23(12-16(20)2)25-21-9-5-6-10-22(21)26-24/h2,4-6,8-20H,3,7H2,1H3;3-14H,1-2H3. The molecule has 10 rings (SSSR count). The van der Waals surface area contributed by atoms with Gasteiger partial charge in [-0.2, -0.15) is 0 Å². The fourth-order valence-corrected chi connectivity index (χ4v) is 7.45. The summed E-state index contributed by atoms with van der Waals surface area (Å²) in [6.45, 7) is 6.39. The third kappa shape index (κ3) is 7.63. The number of aryl methyl sites for hydroxylation is 3. The van der Waals surface area contributed by atoms with Crippen molar-refractivity contribution in [2.75, 3.05) is 0 Å². The van der Waals surface area contributed by atoms with Gasteiger partial charge in [0, 0.05) is 11.1 Å². The summed E-state index contributed by atoms with van der Waals surface area (Å²) in [5.41, 5.74) is 13.7. The molecule has 2 aliphatic rings. The second kappa shape index (κ2) is 15.6. The van der Waals surface area contributed by atoms with E-state index in [0.29, 0.717) is 0 Å². The second-order valence-electron chi connectivity index (χ2n) is 14.7. The zero-order chi connectivity index (χ0) is 38.7. The van der Waals surface area contributed by atoms with E-state index in [4.69, 9.17) is 19.4 Å². The first-order valence-electron chi connectivity index (χ1n) is 19.5. The number of hydrogen-bond acceptors (Lipinski definition) is 4. The number of benzene rings is 7. The van der Waals surface area contributed by atoms with Gasteiger partial charge in [0.2, 0.25) is 0 Å². The minimum absolute atomic E-state index is 0.755. The molecule has 0 radical (unpaired) electrons. The molecule has 1 aromatic heterocycles. The molecular formula is C53H42N2O2. The first-order valence-corrected chi connectivity index (χ1v) is 19.5. The Morgan fingerprint density at radius 3 is 1.68 bits per heavy atom. The van der Waals surface area contributed by atoms with Gasteiger partial charge in [-0.15, -0.1) is 0 Å². The zero-order valence-electron chi connectivity index (χ0n) is 32.4. The van der Waals surface area contributed by atoms with Gasteiger partial charge >= 0.3 is 0 Å². The lowest BCUT2D eigenvalue weighted by Gasteiger charge is -2.22. The van der Waals surface area contributed by atoms with Crippen LogP contribution in [0.2, 0.25) is 0 Å². The molecule has 8 aromatic rings. The van der Waals surface area contributed by atoms with E-state index >= 15 is 0 Å². The fraction of sp³-hybridized carbons (Fsp3) is 0.0943. The summed E-state index contributed by atoms with van der Waals surface area (Å²) < 4.78 is 12.1. The first-order chi connectivity index (χ1) is 27.9. The van der Waals surface area contributed by atoms with E-state index < -0.39 is 0 Å². The molecular weight excluding hydrogens is 697 g/mol. The van der Waals surface area contributed by atoms with Crippen LogP contribution in [0, 0.1) is 20.8 Å². The summed E-state index contributed by atoms with van der Waals surface area (Å²) in [6, 6.07) is 54.5. The van der Waals surface area contributed by atoms with E-state index in [9.17, 15) is 0 Å². The van der Waals surface area contributed by atoms with Crippen molar-refractivity contribution in [1.82, 2.24) is 9.97 Å². The number of ether oxygens (including phenoxy) is 2. The molecule has 0 N–H and O–H groups in total. The van der Waals surface area contributed by atoms with Gasteiger partial charge < -0.3 is 9.47 Å². The Kier molecular flexibility index (Phi) is 9.76. The van der Waals surface area contributed by atoms with Crippen LogP contribution >= 0.6 is 0 Å². The van der Waals surface area contributed by atoms with E-state index in [1.165, 1.54) is 55.3 Å². The Morgan fingerprint density at radius 1 is 0.439 bits per heavy atom. The third-order valence-electron chi connectivity index (χ3n) is 10.6. The molecule has 0 unspecified atom stereocenters. The number of hydrogen-bond donors (Lipinski definition) is 0. The Bertz CT molecular complexity index is 2800. The molecule has 2 heterocycles. The highest BCUT2D eigenvalue weighted by Crippen LogP contribution is 2.48. The van der Waals surface area contributed by atoms with Crippen LogP contribution in [0.3, 0.4) is 0 Å². The van der Waals surface area contributed by atoms with Crippen LogP contribution in [-0.4, -0.2) is 9.97 Å². The Balaban J connectivity index is 0.000000150. The monoisotopic (exact) mass is 738 g/mol. The summed E-state index contributed by atoms with van der Waals surface area (Å²) in [4.78, 5) is 9.86. The molecule has 7 aromatic carbocycles. The summed E-state index contributed by atoms with van der Waals surface area (Å²) in [6.07, 6.45) is 8.80. The van der Waals surface area contributed by atoms with Crippen molar-refractivity contribution >= 4 is 16.3 Å². The van der Waals surface area contributed by atoms with Crippen molar-refractivity contribution in [2.24, 2.45) is 0 Å². The molecule has 4 nitrogen and oxygen atoms in total. The molecule has 0 amide bonds. The summed E-state index contributed by atoms with van der Waals surface area (Å²) in [7, 11) is 0. The highest BCUT2D eigenvalue weighted by Gasteiger charge is 2.21. The lowest BCUT2D eigenvalue weighted by atomic mass is 9.93. The first kappa shape index (κ1) is 35.6. The Morgan fingerprint density at radius 2 is 1.00 bits per heavy atom. The van der Waals surface area contributed by atoms with Gasteiger partial charge in [-0.25, -0.2) is 9.97 Å². The molecule has 57 heavy (non-hydrogen) atoms. The van der Waals surface area contributed by atoms with Crippen molar-refractivity contribution in [3.8, 4) is 67.9 Å². The predicted molar refractivity (Wildman–Crippen MR) is 235 cm³/mol. The van der Waals surface area contributed by atoms with Crippen LogP contribution in [0.4, 0.5) is 0 Å². The average Bonchev–Trinajstić information content (AvgIpc) is 3.26. The van der Waals surface area contributed by atoms with Crippen LogP contribution in [0.5, 0.6) is 23.0 Å². The number of para-hydroxylation sites is 2. The maximum absolute atomic E-state index is 6.10. The number of nitrogens with zero attached hydrogens (tertiary/aromatic N) is 2. The van der Waals surface area contributed by atoms with Crippen molar-refractivity contribution < 1.29 is 9.47 Å². The minimum Gasteiger partial charge on any atom is -0.450 e. The molecule has 0 spiro atoms. The smallest absolute Gasteiger partial charge is 0.170 e. The van der Waals surface area contributed by atoms with Crippen LogP contribution in [-0.2, 0) is 0 Å². The van der Waals surface area contributed by atoms with Crippen LogP contribution in [0.15, 0.2) is 176 Å². The highest BCUT2D eigenvalue weighted by molar-refractivity contribution is 5.90. The average molecular weight is 739 g/mol. The maximum Gasteiger partial charge on any atom is 0.170 e. The maximum atomic E-state index is 6.10. The molecule has 0 saturated heterocycles. The normalized spacial score (nSPS) is 12.6. The lowest BCUT2D eigenvalue weighted by molar-refractivity contribution is 0.359. The van der Waals surface area contributed by atoms with Gasteiger partial charge in [-0.1, -0.05) is 145 Å². The molecule has 0 bridgehead atoms. The van der Waals surface area contributed by atoms with Crippen molar-refractivity contribution in [2.45, 2.75) is 33.6 Å². The molecule has 0 atom stereocenters. The third-order valence-corrected chi connectivity index (χ3v) is 10.6. The number of rotatable bonds is 5. The van der Waals surface area contributed by atoms with E-state index in [2.05, 4.69) is 154 Å². The van der Waals surface area contributed by atoms with Gasteiger partial charge in [0.1, 0.15) is 0 Å². The largest absolute Gasteiger partial charge is 0.450 e. The highest BCUT2D eigenvalue weighted by atomic mass is 16.6. The van der Waals surface area contributed by atoms with Gasteiger partial charge in [-0.3, -0.25) is 0 Å². The van der Waals surface area contributed by atoms with Gasteiger partial charge in [0.25, 0.3) is 0 Å². The molecule has 0 fully saturated rings.